The van der Waals surface area contributed by atoms with Gasteiger partial charge in [-0.25, -0.2) is 0 Å². The minimum Gasteiger partial charge on any atom is -0.352 e. The number of amides is 1. The van der Waals surface area contributed by atoms with E-state index in [9.17, 15) is 4.79 Å². The summed E-state index contributed by atoms with van der Waals surface area (Å²) >= 11 is 1.74. The average molecular weight is 286 g/mol. The van der Waals surface area contributed by atoms with Gasteiger partial charge in [-0.15, -0.1) is 0 Å². The first-order valence-corrected chi connectivity index (χ1v) is 8.90. The molecular formula is C15H30N2OS. The van der Waals surface area contributed by atoms with Gasteiger partial charge in [-0.05, 0) is 49.0 Å². The maximum absolute atomic E-state index is 12.1. The molecule has 1 aliphatic carbocycles. The van der Waals surface area contributed by atoms with Crippen LogP contribution in [-0.4, -0.2) is 30.0 Å². The number of carbonyl (C=O) groups is 1. The van der Waals surface area contributed by atoms with Crippen molar-refractivity contribution in [3.63, 3.8) is 0 Å². The quantitative estimate of drug-likeness (QED) is 0.789. The van der Waals surface area contributed by atoms with E-state index in [2.05, 4.69) is 26.1 Å². The van der Waals surface area contributed by atoms with Crippen LogP contribution < -0.4 is 11.1 Å². The monoisotopic (exact) mass is 286 g/mol. The summed E-state index contributed by atoms with van der Waals surface area (Å²) in [4.78, 5) is 12.1. The van der Waals surface area contributed by atoms with Crippen molar-refractivity contribution in [1.29, 1.82) is 0 Å². The molecule has 1 amide bonds. The molecule has 4 heteroatoms. The Morgan fingerprint density at radius 2 is 2.11 bits per heavy atom. The van der Waals surface area contributed by atoms with Gasteiger partial charge < -0.3 is 11.1 Å². The van der Waals surface area contributed by atoms with Crippen molar-refractivity contribution in [2.45, 2.75) is 58.5 Å². The molecule has 0 saturated heterocycles. The average Bonchev–Trinajstić information content (AvgIpc) is 2.35. The normalized spacial score (nSPS) is 29.3. The molecule has 0 bridgehead atoms. The summed E-state index contributed by atoms with van der Waals surface area (Å²) < 4.78 is 0. The minimum atomic E-state index is -0.350. The molecule has 1 fully saturated rings. The second kappa shape index (κ2) is 8.15. The lowest BCUT2D eigenvalue weighted by atomic mass is 9.74. The number of carbonyl (C=O) groups excluding carboxylic acids is 1. The fraction of sp³-hybridized carbons (Fsp3) is 0.933. The summed E-state index contributed by atoms with van der Waals surface area (Å²) in [5, 5.41) is 3.22. The van der Waals surface area contributed by atoms with E-state index >= 15 is 0 Å². The van der Waals surface area contributed by atoms with E-state index < -0.39 is 0 Å². The van der Waals surface area contributed by atoms with Crippen molar-refractivity contribution in [2.24, 2.45) is 23.5 Å². The molecule has 3 N–H and O–H groups in total. The van der Waals surface area contributed by atoms with Gasteiger partial charge in [0.2, 0.25) is 5.91 Å². The van der Waals surface area contributed by atoms with E-state index in [4.69, 9.17) is 5.73 Å². The summed E-state index contributed by atoms with van der Waals surface area (Å²) in [7, 11) is 0. The Balaban J connectivity index is 2.53. The predicted molar refractivity (Wildman–Crippen MR) is 84.2 cm³/mol. The van der Waals surface area contributed by atoms with Crippen LogP contribution in [-0.2, 0) is 4.79 Å². The highest BCUT2D eigenvalue weighted by Gasteiger charge is 2.32. The molecular weight excluding hydrogens is 256 g/mol. The van der Waals surface area contributed by atoms with Crippen LogP contribution in [0.15, 0.2) is 0 Å². The zero-order chi connectivity index (χ0) is 14.4. The molecule has 0 aromatic rings. The second-order valence-corrected chi connectivity index (χ2v) is 7.31. The molecule has 0 aromatic carbocycles. The lowest BCUT2D eigenvalue weighted by molar-refractivity contribution is -0.124. The molecule has 1 aliphatic rings. The van der Waals surface area contributed by atoms with E-state index in [1.807, 2.05) is 6.26 Å². The molecule has 0 aliphatic heterocycles. The van der Waals surface area contributed by atoms with Crippen LogP contribution in [0, 0.1) is 17.8 Å². The Morgan fingerprint density at radius 3 is 2.68 bits per heavy atom. The maximum atomic E-state index is 12.1. The molecule has 3 unspecified atom stereocenters. The first kappa shape index (κ1) is 16.8. The zero-order valence-electron chi connectivity index (χ0n) is 12.8. The third-order valence-electron chi connectivity index (χ3n) is 4.32. The lowest BCUT2D eigenvalue weighted by Crippen LogP contribution is -2.51. The number of rotatable bonds is 6. The Bertz CT molecular complexity index is 283. The number of hydrogen-bond acceptors (Lipinski definition) is 3. The molecule has 3 nitrogen and oxygen atoms in total. The largest absolute Gasteiger partial charge is 0.352 e. The van der Waals surface area contributed by atoms with E-state index in [0.717, 1.165) is 18.6 Å². The van der Waals surface area contributed by atoms with Crippen LogP contribution >= 0.6 is 11.8 Å². The fourth-order valence-electron chi connectivity index (χ4n) is 3.03. The van der Waals surface area contributed by atoms with Crippen molar-refractivity contribution < 1.29 is 4.79 Å². The number of thioether (sulfide) groups is 1. The molecule has 112 valence electrons. The number of hydrogen-bond donors (Lipinski definition) is 2. The van der Waals surface area contributed by atoms with Gasteiger partial charge in [0.1, 0.15) is 0 Å². The van der Waals surface area contributed by atoms with Gasteiger partial charge in [-0.3, -0.25) is 4.79 Å². The smallest absolute Gasteiger partial charge is 0.237 e. The molecule has 0 radical (unpaired) electrons. The van der Waals surface area contributed by atoms with E-state index in [0.29, 0.717) is 23.8 Å². The predicted octanol–water partition coefficient (Wildman–Crippen LogP) is 2.64. The van der Waals surface area contributed by atoms with E-state index in [-0.39, 0.29) is 11.9 Å². The van der Waals surface area contributed by atoms with Gasteiger partial charge in [0.15, 0.2) is 0 Å². The van der Waals surface area contributed by atoms with Crippen LogP contribution in [0.3, 0.4) is 0 Å². The lowest BCUT2D eigenvalue weighted by Gasteiger charge is -2.38. The van der Waals surface area contributed by atoms with Crippen molar-refractivity contribution >= 4 is 17.7 Å². The molecule has 19 heavy (non-hydrogen) atoms. The summed E-state index contributed by atoms with van der Waals surface area (Å²) in [6.45, 7) is 6.80. The van der Waals surface area contributed by atoms with Crippen LogP contribution in [0.4, 0.5) is 0 Å². The summed E-state index contributed by atoms with van der Waals surface area (Å²) in [6, 6.07) is -0.0333. The van der Waals surface area contributed by atoms with Crippen LogP contribution in [0.5, 0.6) is 0 Å². The van der Waals surface area contributed by atoms with Gasteiger partial charge >= 0.3 is 0 Å². The minimum absolute atomic E-state index is 0.0406. The summed E-state index contributed by atoms with van der Waals surface area (Å²) in [6.07, 6.45) is 6.42. The Morgan fingerprint density at radius 1 is 1.42 bits per heavy atom. The Labute approximate surface area is 122 Å². The molecule has 1 saturated carbocycles. The first-order valence-electron chi connectivity index (χ1n) is 7.50. The van der Waals surface area contributed by atoms with Crippen molar-refractivity contribution in [2.75, 3.05) is 12.0 Å². The van der Waals surface area contributed by atoms with Gasteiger partial charge in [0.05, 0.1) is 6.04 Å². The highest BCUT2D eigenvalue weighted by molar-refractivity contribution is 7.98. The number of nitrogens with one attached hydrogen (secondary N) is 1. The first-order chi connectivity index (χ1) is 8.95. The molecule has 1 rings (SSSR count). The van der Waals surface area contributed by atoms with Crippen molar-refractivity contribution in [1.82, 2.24) is 5.32 Å². The molecule has 0 heterocycles. The molecule has 0 spiro atoms. The van der Waals surface area contributed by atoms with E-state index in [1.54, 1.807) is 11.8 Å². The van der Waals surface area contributed by atoms with Gasteiger partial charge in [0, 0.05) is 6.04 Å². The number of nitrogens with two attached hydrogens (primary N) is 1. The summed E-state index contributed by atoms with van der Waals surface area (Å²) in [5.41, 5.74) is 5.95. The summed E-state index contributed by atoms with van der Waals surface area (Å²) in [5.74, 6) is 2.93. The second-order valence-electron chi connectivity index (χ2n) is 6.33. The van der Waals surface area contributed by atoms with Crippen LogP contribution in [0.25, 0.3) is 0 Å². The Kier molecular flexibility index (Phi) is 7.22. The van der Waals surface area contributed by atoms with Crippen LogP contribution in [0.2, 0.25) is 0 Å². The Hall–Kier alpha value is -0.220. The van der Waals surface area contributed by atoms with Gasteiger partial charge in [-0.2, -0.15) is 11.8 Å². The van der Waals surface area contributed by atoms with Crippen molar-refractivity contribution in [3.05, 3.63) is 0 Å². The van der Waals surface area contributed by atoms with Crippen molar-refractivity contribution in [3.8, 4) is 0 Å². The SMILES string of the molecule is CSCC[C@@H](N)C(=O)NC1CC(C)CCC1C(C)C. The van der Waals surface area contributed by atoms with Gasteiger partial charge in [-0.1, -0.05) is 27.2 Å². The highest BCUT2D eigenvalue weighted by atomic mass is 32.2. The third-order valence-corrected chi connectivity index (χ3v) is 4.96. The fourth-order valence-corrected chi connectivity index (χ4v) is 3.52. The standard InChI is InChI=1S/C15H30N2OS/c1-10(2)12-6-5-11(3)9-14(12)17-15(18)13(16)7-8-19-4/h10-14H,5-9,16H2,1-4H3,(H,17,18)/t11?,12?,13-,14?/m1/s1. The maximum Gasteiger partial charge on any atom is 0.237 e. The third kappa shape index (κ3) is 5.35. The highest BCUT2D eigenvalue weighted by Crippen LogP contribution is 2.33. The van der Waals surface area contributed by atoms with Gasteiger partial charge in [0.25, 0.3) is 0 Å². The topological polar surface area (TPSA) is 55.1 Å². The van der Waals surface area contributed by atoms with E-state index in [1.165, 1.54) is 12.8 Å². The molecule has 4 atom stereocenters. The zero-order valence-corrected chi connectivity index (χ0v) is 13.6. The van der Waals surface area contributed by atoms with Crippen LogP contribution in [0.1, 0.15) is 46.5 Å². The molecule has 0 aromatic heterocycles.